The number of fused-ring (bicyclic) bond motifs is 1. The third-order valence-electron chi connectivity index (χ3n) is 4.42. The Labute approximate surface area is 112 Å². The van der Waals surface area contributed by atoms with Gasteiger partial charge >= 0.3 is 5.97 Å². The number of furan rings is 1. The third-order valence-corrected chi connectivity index (χ3v) is 4.42. The van der Waals surface area contributed by atoms with Gasteiger partial charge in [0.2, 0.25) is 5.76 Å². The number of rotatable bonds is 3. The van der Waals surface area contributed by atoms with E-state index in [4.69, 9.17) is 9.52 Å². The molecule has 2 unspecified atom stereocenters. The molecule has 0 amide bonds. The van der Waals surface area contributed by atoms with Crippen LogP contribution in [-0.2, 0) is 0 Å². The van der Waals surface area contributed by atoms with E-state index in [2.05, 4.69) is 16.7 Å². The normalized spacial score (nSPS) is 26.3. The van der Waals surface area contributed by atoms with E-state index in [9.17, 15) is 4.79 Å². The van der Waals surface area contributed by atoms with Gasteiger partial charge in [-0.2, -0.15) is 0 Å². The molecule has 1 N–H and O–H groups in total. The van der Waals surface area contributed by atoms with Crippen molar-refractivity contribution in [3.05, 3.63) is 23.7 Å². The Kier molecular flexibility index (Phi) is 3.33. The van der Waals surface area contributed by atoms with Gasteiger partial charge in [-0.3, -0.25) is 9.80 Å². The van der Waals surface area contributed by atoms with Gasteiger partial charge in [0.1, 0.15) is 5.76 Å². The van der Waals surface area contributed by atoms with Crippen molar-refractivity contribution in [2.75, 3.05) is 26.2 Å². The summed E-state index contributed by atoms with van der Waals surface area (Å²) in [7, 11) is 0. The molecule has 0 spiro atoms. The minimum absolute atomic E-state index is 0.0290. The zero-order valence-corrected chi connectivity index (χ0v) is 11.2. The zero-order valence-electron chi connectivity index (χ0n) is 11.2. The van der Waals surface area contributed by atoms with Crippen molar-refractivity contribution in [2.24, 2.45) is 0 Å². The number of piperazine rings is 1. The summed E-state index contributed by atoms with van der Waals surface area (Å²) < 4.78 is 5.42. The van der Waals surface area contributed by atoms with Gasteiger partial charge in [0.05, 0.1) is 6.04 Å². The van der Waals surface area contributed by atoms with Crippen LogP contribution in [0.1, 0.15) is 42.1 Å². The average Bonchev–Trinajstić information content (AvgIpc) is 3.06. The van der Waals surface area contributed by atoms with E-state index in [-0.39, 0.29) is 11.8 Å². The maximum Gasteiger partial charge on any atom is 0.371 e. The fourth-order valence-corrected chi connectivity index (χ4v) is 3.24. The molecule has 2 saturated heterocycles. The third kappa shape index (κ3) is 2.40. The molecule has 1 aromatic rings. The van der Waals surface area contributed by atoms with Crippen molar-refractivity contribution < 1.29 is 14.3 Å². The number of nitrogens with zero attached hydrogens (tertiary/aromatic N) is 2. The summed E-state index contributed by atoms with van der Waals surface area (Å²) in [6.45, 7) is 6.53. The molecule has 0 aromatic carbocycles. The molecule has 2 atom stereocenters. The van der Waals surface area contributed by atoms with Gasteiger partial charge in [0.15, 0.2) is 0 Å². The van der Waals surface area contributed by atoms with E-state index in [1.54, 1.807) is 12.1 Å². The van der Waals surface area contributed by atoms with Gasteiger partial charge in [0.25, 0.3) is 0 Å². The maximum atomic E-state index is 10.8. The van der Waals surface area contributed by atoms with Crippen LogP contribution in [0.5, 0.6) is 0 Å². The summed E-state index contributed by atoms with van der Waals surface area (Å²) in [6.07, 6.45) is 2.58. The van der Waals surface area contributed by atoms with Gasteiger partial charge in [0, 0.05) is 25.7 Å². The summed E-state index contributed by atoms with van der Waals surface area (Å²) in [5, 5.41) is 8.90. The molecular weight excluding hydrogens is 244 g/mol. The predicted octanol–water partition coefficient (Wildman–Crippen LogP) is 1.82. The van der Waals surface area contributed by atoms with Crippen LogP contribution in [0.25, 0.3) is 0 Å². The van der Waals surface area contributed by atoms with Crippen LogP contribution in [-0.4, -0.2) is 53.1 Å². The topological polar surface area (TPSA) is 56.9 Å². The van der Waals surface area contributed by atoms with Crippen LogP contribution in [0.2, 0.25) is 0 Å². The fraction of sp³-hybridized carbons (Fsp3) is 0.643. The molecule has 0 saturated carbocycles. The Morgan fingerprint density at radius 2 is 2.26 bits per heavy atom. The monoisotopic (exact) mass is 264 g/mol. The van der Waals surface area contributed by atoms with E-state index < -0.39 is 5.97 Å². The SMILES string of the molecule is CC(c1ccc(C(=O)O)o1)N1CCN2CCCC2C1. The van der Waals surface area contributed by atoms with E-state index in [0.717, 1.165) is 25.4 Å². The Hall–Kier alpha value is -1.33. The zero-order chi connectivity index (χ0) is 13.4. The predicted molar refractivity (Wildman–Crippen MR) is 70.3 cm³/mol. The molecule has 2 aliphatic rings. The van der Waals surface area contributed by atoms with Crippen LogP contribution in [0, 0.1) is 0 Å². The highest BCUT2D eigenvalue weighted by Gasteiger charge is 2.33. The van der Waals surface area contributed by atoms with Crippen molar-refractivity contribution in [2.45, 2.75) is 31.8 Å². The Balaban J connectivity index is 1.69. The summed E-state index contributed by atoms with van der Waals surface area (Å²) in [5.74, 6) is -0.218. The number of carboxylic acid groups (broad SMARTS) is 1. The number of hydrogen-bond acceptors (Lipinski definition) is 4. The standard InChI is InChI=1S/C14H20N2O3/c1-10(12-4-5-13(19-12)14(17)18)16-8-7-15-6-2-3-11(15)9-16/h4-5,10-11H,2-3,6-9H2,1H3,(H,17,18). The second kappa shape index (κ2) is 4.98. The van der Waals surface area contributed by atoms with Crippen molar-refractivity contribution in [3.8, 4) is 0 Å². The smallest absolute Gasteiger partial charge is 0.371 e. The highest BCUT2D eigenvalue weighted by molar-refractivity contribution is 5.84. The molecule has 0 aliphatic carbocycles. The number of carbonyl (C=O) groups is 1. The van der Waals surface area contributed by atoms with Gasteiger partial charge < -0.3 is 9.52 Å². The lowest BCUT2D eigenvalue weighted by molar-refractivity contribution is 0.0615. The van der Waals surface area contributed by atoms with Crippen molar-refractivity contribution >= 4 is 5.97 Å². The van der Waals surface area contributed by atoms with Crippen LogP contribution in [0.15, 0.2) is 16.5 Å². The van der Waals surface area contributed by atoms with Crippen LogP contribution >= 0.6 is 0 Å². The first-order valence-corrected chi connectivity index (χ1v) is 6.96. The molecule has 0 bridgehead atoms. The first-order valence-electron chi connectivity index (χ1n) is 6.96. The van der Waals surface area contributed by atoms with Gasteiger partial charge in [-0.25, -0.2) is 4.79 Å². The highest BCUT2D eigenvalue weighted by Crippen LogP contribution is 2.28. The number of carboxylic acids is 1. The summed E-state index contributed by atoms with van der Waals surface area (Å²) in [4.78, 5) is 15.8. The fourth-order valence-electron chi connectivity index (χ4n) is 3.24. The molecule has 104 valence electrons. The molecule has 19 heavy (non-hydrogen) atoms. The van der Waals surface area contributed by atoms with Crippen molar-refractivity contribution in [1.29, 1.82) is 0 Å². The second-order valence-corrected chi connectivity index (χ2v) is 5.51. The van der Waals surface area contributed by atoms with Gasteiger partial charge in [-0.05, 0) is 38.4 Å². The molecule has 1 aromatic heterocycles. The Bertz CT molecular complexity index is 471. The summed E-state index contributed by atoms with van der Waals surface area (Å²) >= 11 is 0. The van der Waals surface area contributed by atoms with Gasteiger partial charge in [-0.1, -0.05) is 0 Å². The molecule has 5 heteroatoms. The molecule has 3 rings (SSSR count). The van der Waals surface area contributed by atoms with Gasteiger partial charge in [-0.15, -0.1) is 0 Å². The lowest BCUT2D eigenvalue weighted by Gasteiger charge is -2.39. The minimum Gasteiger partial charge on any atom is -0.475 e. The first-order chi connectivity index (χ1) is 9.15. The summed E-state index contributed by atoms with van der Waals surface area (Å²) in [5.41, 5.74) is 0. The van der Waals surface area contributed by atoms with Crippen LogP contribution in [0.4, 0.5) is 0 Å². The lowest BCUT2D eigenvalue weighted by Crippen LogP contribution is -2.50. The van der Waals surface area contributed by atoms with E-state index in [1.165, 1.54) is 19.4 Å². The molecule has 5 nitrogen and oxygen atoms in total. The summed E-state index contributed by atoms with van der Waals surface area (Å²) in [6, 6.07) is 4.15. The van der Waals surface area contributed by atoms with Crippen molar-refractivity contribution in [3.63, 3.8) is 0 Å². The van der Waals surface area contributed by atoms with E-state index in [1.807, 2.05) is 0 Å². The molecule has 2 fully saturated rings. The largest absolute Gasteiger partial charge is 0.475 e. The quantitative estimate of drug-likeness (QED) is 0.902. The van der Waals surface area contributed by atoms with Crippen LogP contribution in [0.3, 0.4) is 0 Å². The van der Waals surface area contributed by atoms with Crippen molar-refractivity contribution in [1.82, 2.24) is 9.80 Å². The molecule has 2 aliphatic heterocycles. The molecule has 3 heterocycles. The Morgan fingerprint density at radius 1 is 1.42 bits per heavy atom. The minimum atomic E-state index is -1.00. The molecule has 0 radical (unpaired) electrons. The molecular formula is C14H20N2O3. The van der Waals surface area contributed by atoms with E-state index >= 15 is 0 Å². The van der Waals surface area contributed by atoms with Crippen LogP contribution < -0.4 is 0 Å². The lowest BCUT2D eigenvalue weighted by atomic mass is 10.1. The second-order valence-electron chi connectivity index (χ2n) is 5.51. The maximum absolute atomic E-state index is 10.8. The first kappa shape index (κ1) is 12.7. The highest BCUT2D eigenvalue weighted by atomic mass is 16.4. The number of aromatic carboxylic acids is 1. The van der Waals surface area contributed by atoms with E-state index in [0.29, 0.717) is 6.04 Å². The number of hydrogen-bond donors (Lipinski definition) is 1. The Morgan fingerprint density at radius 3 is 3.00 bits per heavy atom. The average molecular weight is 264 g/mol.